The van der Waals surface area contributed by atoms with Gasteiger partial charge < -0.3 is 10.6 Å². The molecule has 1 saturated carbocycles. The summed E-state index contributed by atoms with van der Waals surface area (Å²) in [6, 6.07) is -0.422. The summed E-state index contributed by atoms with van der Waals surface area (Å²) >= 11 is 0. The van der Waals surface area contributed by atoms with Gasteiger partial charge >= 0.3 is 6.03 Å². The van der Waals surface area contributed by atoms with E-state index < -0.39 is 11.6 Å². The monoisotopic (exact) mass is 323 g/mol. The highest BCUT2D eigenvalue weighted by Crippen LogP contribution is 2.37. The summed E-state index contributed by atoms with van der Waals surface area (Å²) in [6.45, 7) is 7.91. The van der Waals surface area contributed by atoms with Gasteiger partial charge in [0.2, 0.25) is 5.91 Å². The van der Waals surface area contributed by atoms with Crippen LogP contribution >= 0.6 is 0 Å². The first-order chi connectivity index (χ1) is 10.8. The molecule has 23 heavy (non-hydrogen) atoms. The molecule has 1 aliphatic carbocycles. The van der Waals surface area contributed by atoms with Crippen LogP contribution in [0.1, 0.15) is 59.8 Å². The van der Waals surface area contributed by atoms with Crippen LogP contribution in [0.4, 0.5) is 4.79 Å². The number of rotatable bonds is 5. The van der Waals surface area contributed by atoms with Gasteiger partial charge in [0.05, 0.1) is 0 Å². The molecule has 0 aromatic rings. The Morgan fingerprint density at radius 1 is 1.30 bits per heavy atom. The molecular formula is C17H29N3O3. The van der Waals surface area contributed by atoms with Crippen LogP contribution < -0.4 is 10.6 Å². The molecule has 1 heterocycles. The molecule has 2 N–H and O–H groups in total. The fourth-order valence-electron chi connectivity index (χ4n) is 3.35. The van der Waals surface area contributed by atoms with Gasteiger partial charge in [-0.3, -0.25) is 14.5 Å². The van der Waals surface area contributed by atoms with E-state index in [0.717, 1.165) is 24.2 Å². The minimum atomic E-state index is -0.771. The number of nitrogens with one attached hydrogen (secondary N) is 2. The van der Waals surface area contributed by atoms with E-state index in [4.69, 9.17) is 0 Å². The minimum Gasteiger partial charge on any atom is -0.352 e. The highest BCUT2D eigenvalue weighted by atomic mass is 16.2. The van der Waals surface area contributed by atoms with Gasteiger partial charge in [0, 0.05) is 6.04 Å². The number of imide groups is 1. The number of carbonyl (C=O) groups is 3. The van der Waals surface area contributed by atoms with Crippen molar-refractivity contribution in [3.63, 3.8) is 0 Å². The topological polar surface area (TPSA) is 78.5 Å². The molecular weight excluding hydrogens is 294 g/mol. The second-order valence-corrected chi connectivity index (χ2v) is 7.36. The third-order valence-corrected chi connectivity index (χ3v) is 5.47. The Labute approximate surface area is 138 Å². The lowest BCUT2D eigenvalue weighted by molar-refractivity contribution is -0.136. The van der Waals surface area contributed by atoms with Crippen molar-refractivity contribution in [2.75, 3.05) is 6.54 Å². The van der Waals surface area contributed by atoms with E-state index in [1.165, 1.54) is 0 Å². The van der Waals surface area contributed by atoms with Gasteiger partial charge in [0.25, 0.3) is 5.91 Å². The summed E-state index contributed by atoms with van der Waals surface area (Å²) in [4.78, 5) is 38.1. The SMILES string of the molecule is CCC1CCC2(CC1)NC(=O)N(CC(=O)N[C@@H](C)C(C)C)C2=O. The van der Waals surface area contributed by atoms with Gasteiger partial charge in [-0.05, 0) is 44.4 Å². The van der Waals surface area contributed by atoms with E-state index in [9.17, 15) is 14.4 Å². The molecule has 0 aromatic heterocycles. The predicted molar refractivity (Wildman–Crippen MR) is 87.7 cm³/mol. The highest BCUT2D eigenvalue weighted by Gasteiger charge is 2.52. The molecule has 2 aliphatic rings. The van der Waals surface area contributed by atoms with E-state index in [1.54, 1.807) is 0 Å². The van der Waals surface area contributed by atoms with Crippen LogP contribution in [0.25, 0.3) is 0 Å². The molecule has 1 aliphatic heterocycles. The summed E-state index contributed by atoms with van der Waals surface area (Å²) in [5, 5.41) is 5.69. The Morgan fingerprint density at radius 2 is 1.91 bits per heavy atom. The highest BCUT2D eigenvalue weighted by molar-refractivity contribution is 6.09. The summed E-state index contributed by atoms with van der Waals surface area (Å²) in [6.07, 6.45) is 4.37. The largest absolute Gasteiger partial charge is 0.352 e. The average Bonchev–Trinajstić information content (AvgIpc) is 2.72. The molecule has 0 aromatic carbocycles. The van der Waals surface area contributed by atoms with Gasteiger partial charge in [-0.25, -0.2) is 4.79 Å². The predicted octanol–water partition coefficient (Wildman–Crippen LogP) is 2.04. The van der Waals surface area contributed by atoms with Crippen LogP contribution in [0.5, 0.6) is 0 Å². The Bertz CT molecular complexity index is 481. The first kappa shape index (κ1) is 17.8. The zero-order valence-corrected chi connectivity index (χ0v) is 14.6. The van der Waals surface area contributed by atoms with Crippen molar-refractivity contribution in [1.82, 2.24) is 15.5 Å². The van der Waals surface area contributed by atoms with Gasteiger partial charge in [0.1, 0.15) is 12.1 Å². The molecule has 0 unspecified atom stereocenters. The van der Waals surface area contributed by atoms with Gasteiger partial charge in [0.15, 0.2) is 0 Å². The first-order valence-electron chi connectivity index (χ1n) is 8.72. The van der Waals surface area contributed by atoms with Crippen LogP contribution in [-0.2, 0) is 9.59 Å². The molecule has 0 bridgehead atoms. The third kappa shape index (κ3) is 3.67. The molecule has 1 saturated heterocycles. The van der Waals surface area contributed by atoms with Crippen LogP contribution in [0, 0.1) is 11.8 Å². The Balaban J connectivity index is 1.98. The van der Waals surface area contributed by atoms with E-state index in [0.29, 0.717) is 24.7 Å². The van der Waals surface area contributed by atoms with Crippen molar-refractivity contribution in [3.8, 4) is 0 Å². The summed E-state index contributed by atoms with van der Waals surface area (Å²) in [5.41, 5.74) is -0.771. The maximum absolute atomic E-state index is 12.7. The lowest BCUT2D eigenvalue weighted by Crippen LogP contribution is -2.50. The smallest absolute Gasteiger partial charge is 0.325 e. The van der Waals surface area contributed by atoms with Gasteiger partial charge in [-0.1, -0.05) is 27.2 Å². The zero-order chi connectivity index (χ0) is 17.2. The van der Waals surface area contributed by atoms with Crippen molar-refractivity contribution >= 4 is 17.8 Å². The molecule has 6 heteroatoms. The molecule has 1 atom stereocenters. The number of carbonyl (C=O) groups excluding carboxylic acids is 3. The second-order valence-electron chi connectivity index (χ2n) is 7.36. The van der Waals surface area contributed by atoms with Crippen LogP contribution in [0.2, 0.25) is 0 Å². The maximum atomic E-state index is 12.7. The fraction of sp³-hybridized carbons (Fsp3) is 0.824. The molecule has 130 valence electrons. The van der Waals surface area contributed by atoms with Crippen molar-refractivity contribution in [2.45, 2.75) is 71.4 Å². The number of hydrogen-bond acceptors (Lipinski definition) is 3. The summed E-state index contributed by atoms with van der Waals surface area (Å²) < 4.78 is 0. The van der Waals surface area contributed by atoms with Crippen molar-refractivity contribution in [2.24, 2.45) is 11.8 Å². The average molecular weight is 323 g/mol. The molecule has 4 amide bonds. The standard InChI is InChI=1S/C17H29N3O3/c1-5-13-6-8-17(9-7-13)15(22)20(16(23)19-17)10-14(21)18-12(4)11(2)3/h11-13H,5-10H2,1-4H3,(H,18,21)(H,19,23)/t12-,13?,17?/m0/s1. The number of nitrogens with zero attached hydrogens (tertiary/aromatic N) is 1. The van der Waals surface area contributed by atoms with E-state index >= 15 is 0 Å². The molecule has 2 fully saturated rings. The first-order valence-corrected chi connectivity index (χ1v) is 8.72. The molecule has 6 nitrogen and oxygen atoms in total. The Morgan fingerprint density at radius 3 is 2.43 bits per heavy atom. The second kappa shape index (κ2) is 6.89. The minimum absolute atomic E-state index is 0.0113. The normalized spacial score (nSPS) is 29.1. The molecule has 0 radical (unpaired) electrons. The quantitative estimate of drug-likeness (QED) is 0.760. The van der Waals surface area contributed by atoms with E-state index in [-0.39, 0.29) is 24.4 Å². The van der Waals surface area contributed by atoms with Crippen molar-refractivity contribution in [3.05, 3.63) is 0 Å². The van der Waals surface area contributed by atoms with E-state index in [2.05, 4.69) is 17.6 Å². The van der Waals surface area contributed by atoms with Gasteiger partial charge in [-0.15, -0.1) is 0 Å². The van der Waals surface area contributed by atoms with Gasteiger partial charge in [-0.2, -0.15) is 0 Å². The summed E-state index contributed by atoms with van der Waals surface area (Å²) in [7, 11) is 0. The lowest BCUT2D eigenvalue weighted by atomic mass is 9.75. The van der Waals surface area contributed by atoms with Crippen LogP contribution in [0.3, 0.4) is 0 Å². The number of urea groups is 1. The molecule has 1 spiro atoms. The Kier molecular flexibility index (Phi) is 5.32. The van der Waals surface area contributed by atoms with Crippen LogP contribution in [0.15, 0.2) is 0 Å². The zero-order valence-electron chi connectivity index (χ0n) is 14.6. The number of hydrogen-bond donors (Lipinski definition) is 2. The third-order valence-electron chi connectivity index (χ3n) is 5.47. The lowest BCUT2D eigenvalue weighted by Gasteiger charge is -2.34. The number of amides is 4. The van der Waals surface area contributed by atoms with Crippen molar-refractivity contribution in [1.29, 1.82) is 0 Å². The fourth-order valence-corrected chi connectivity index (χ4v) is 3.35. The van der Waals surface area contributed by atoms with Crippen molar-refractivity contribution < 1.29 is 14.4 Å². The molecule has 2 rings (SSSR count). The van der Waals surface area contributed by atoms with E-state index in [1.807, 2.05) is 20.8 Å². The Hall–Kier alpha value is -1.59. The van der Waals surface area contributed by atoms with Crippen LogP contribution in [-0.4, -0.2) is 40.9 Å². The maximum Gasteiger partial charge on any atom is 0.325 e. The summed E-state index contributed by atoms with van der Waals surface area (Å²) in [5.74, 6) is 0.422.